The molecule has 0 aliphatic rings. The van der Waals surface area contributed by atoms with E-state index in [-0.39, 0.29) is 16.2 Å². The molecule has 1 aromatic carbocycles. The van der Waals surface area contributed by atoms with Crippen LogP contribution >= 0.6 is 12.2 Å². The molecule has 6 nitrogen and oxygen atoms in total. The first-order valence-corrected chi connectivity index (χ1v) is 6.90. The highest BCUT2D eigenvalue weighted by atomic mass is 32.2. The van der Waals surface area contributed by atoms with E-state index in [9.17, 15) is 13.2 Å². The lowest BCUT2D eigenvalue weighted by molar-refractivity contribution is 0.100. The van der Waals surface area contributed by atoms with Gasteiger partial charge in [0.25, 0.3) is 0 Å². The van der Waals surface area contributed by atoms with Crippen LogP contribution in [0, 0.1) is 0 Å². The Hall–Kier alpha value is -1.67. The third kappa shape index (κ3) is 3.41. The summed E-state index contributed by atoms with van der Waals surface area (Å²) in [6.45, 7) is 1.38. The van der Waals surface area contributed by atoms with Crippen LogP contribution in [0.3, 0.4) is 0 Å². The van der Waals surface area contributed by atoms with Gasteiger partial charge < -0.3 is 11.5 Å². The summed E-state index contributed by atoms with van der Waals surface area (Å²) in [4.78, 5) is 10.8. The quantitative estimate of drug-likeness (QED) is 0.669. The number of benzene rings is 1. The van der Waals surface area contributed by atoms with Gasteiger partial charge in [-0.2, -0.15) is 0 Å². The molecule has 0 aromatic heterocycles. The normalized spacial score (nSPS) is 12.7. The summed E-state index contributed by atoms with van der Waals surface area (Å²) in [6, 6.07) is 5.84. The highest BCUT2D eigenvalue weighted by molar-refractivity contribution is 7.95. The lowest BCUT2D eigenvalue weighted by atomic mass is 10.2. The SMILES string of the molecule is CC(C(N)=S)S(=O)(=O)Nc1cccc(C(N)=O)c1. The van der Waals surface area contributed by atoms with Crippen molar-refractivity contribution in [3.8, 4) is 0 Å². The van der Waals surface area contributed by atoms with Crippen LogP contribution in [-0.2, 0) is 10.0 Å². The molecule has 0 radical (unpaired) electrons. The molecule has 1 atom stereocenters. The molecule has 0 spiro atoms. The van der Waals surface area contributed by atoms with E-state index in [1.54, 1.807) is 0 Å². The Morgan fingerprint density at radius 1 is 1.39 bits per heavy atom. The zero-order valence-corrected chi connectivity index (χ0v) is 11.2. The Morgan fingerprint density at radius 3 is 2.50 bits per heavy atom. The first kappa shape index (κ1) is 14.4. The van der Waals surface area contributed by atoms with Crippen molar-refractivity contribution >= 4 is 38.8 Å². The summed E-state index contributed by atoms with van der Waals surface area (Å²) in [5.74, 6) is -0.640. The number of anilines is 1. The second-order valence-corrected chi connectivity index (χ2v) is 6.11. The molecule has 0 heterocycles. The number of amides is 1. The van der Waals surface area contributed by atoms with Gasteiger partial charge in [-0.05, 0) is 25.1 Å². The average molecular weight is 287 g/mol. The van der Waals surface area contributed by atoms with E-state index in [0.717, 1.165) is 0 Å². The Kier molecular flexibility index (Phi) is 4.25. The number of sulfonamides is 1. The van der Waals surface area contributed by atoms with Gasteiger partial charge in [0, 0.05) is 11.3 Å². The summed E-state index contributed by atoms with van der Waals surface area (Å²) in [5.41, 5.74) is 10.8. The van der Waals surface area contributed by atoms with E-state index in [0.29, 0.717) is 0 Å². The van der Waals surface area contributed by atoms with Crippen LogP contribution in [0.1, 0.15) is 17.3 Å². The fourth-order valence-corrected chi connectivity index (χ4v) is 2.46. The summed E-state index contributed by atoms with van der Waals surface area (Å²) in [5, 5.41) is -1.01. The van der Waals surface area contributed by atoms with E-state index >= 15 is 0 Å². The van der Waals surface area contributed by atoms with Gasteiger partial charge >= 0.3 is 0 Å². The number of carbonyl (C=O) groups excluding carboxylic acids is 1. The number of carbonyl (C=O) groups is 1. The van der Waals surface area contributed by atoms with Crippen LogP contribution in [0.15, 0.2) is 24.3 Å². The van der Waals surface area contributed by atoms with Crippen LogP contribution in [0.25, 0.3) is 0 Å². The van der Waals surface area contributed by atoms with E-state index in [4.69, 9.17) is 11.5 Å². The minimum atomic E-state index is -3.72. The fraction of sp³-hybridized carbons (Fsp3) is 0.200. The van der Waals surface area contributed by atoms with Crippen LogP contribution in [0.4, 0.5) is 5.69 Å². The van der Waals surface area contributed by atoms with Gasteiger partial charge in [-0.3, -0.25) is 9.52 Å². The topological polar surface area (TPSA) is 115 Å². The van der Waals surface area contributed by atoms with Crippen molar-refractivity contribution in [2.24, 2.45) is 11.5 Å². The van der Waals surface area contributed by atoms with Gasteiger partial charge in [0.2, 0.25) is 15.9 Å². The molecule has 5 N–H and O–H groups in total. The highest BCUT2D eigenvalue weighted by Gasteiger charge is 2.23. The second kappa shape index (κ2) is 5.32. The van der Waals surface area contributed by atoms with Gasteiger partial charge in [0.1, 0.15) is 5.25 Å². The van der Waals surface area contributed by atoms with Crippen molar-refractivity contribution in [1.29, 1.82) is 0 Å². The lowest BCUT2D eigenvalue weighted by Crippen LogP contribution is -2.35. The smallest absolute Gasteiger partial charge is 0.248 e. The third-order valence-corrected chi connectivity index (χ3v) is 4.48. The van der Waals surface area contributed by atoms with E-state index < -0.39 is 21.2 Å². The van der Waals surface area contributed by atoms with Crippen molar-refractivity contribution in [3.05, 3.63) is 29.8 Å². The van der Waals surface area contributed by atoms with E-state index in [1.165, 1.54) is 31.2 Å². The van der Waals surface area contributed by atoms with Crippen LogP contribution in [0.2, 0.25) is 0 Å². The van der Waals surface area contributed by atoms with Crippen LogP contribution < -0.4 is 16.2 Å². The molecular formula is C10H13N3O3S2. The molecule has 0 saturated carbocycles. The minimum absolute atomic E-state index is 0.131. The molecule has 18 heavy (non-hydrogen) atoms. The molecular weight excluding hydrogens is 274 g/mol. The standard InChI is InChI=1S/C10H13N3O3S2/c1-6(10(12)17)18(15,16)13-8-4-2-3-7(5-8)9(11)14/h2-6,13H,1H3,(H2,11,14)(H2,12,17). The highest BCUT2D eigenvalue weighted by Crippen LogP contribution is 2.14. The Morgan fingerprint density at radius 2 is 2.00 bits per heavy atom. The van der Waals surface area contributed by atoms with E-state index in [1.807, 2.05) is 0 Å². The molecule has 0 aliphatic heterocycles. The van der Waals surface area contributed by atoms with Gasteiger partial charge in [-0.1, -0.05) is 18.3 Å². The summed E-state index contributed by atoms with van der Waals surface area (Å²) >= 11 is 4.63. The number of primary amides is 1. The predicted octanol–water partition coefficient (Wildman–Crippen LogP) is 0.202. The number of hydrogen-bond donors (Lipinski definition) is 3. The maximum atomic E-state index is 11.8. The Bertz CT molecular complexity index is 584. The van der Waals surface area contributed by atoms with Crippen molar-refractivity contribution < 1.29 is 13.2 Å². The molecule has 1 rings (SSSR count). The molecule has 0 fully saturated rings. The maximum Gasteiger partial charge on any atom is 0.248 e. The van der Waals surface area contributed by atoms with Crippen molar-refractivity contribution in [3.63, 3.8) is 0 Å². The zero-order chi connectivity index (χ0) is 13.9. The summed E-state index contributed by atoms with van der Waals surface area (Å²) < 4.78 is 25.9. The molecule has 0 saturated heterocycles. The van der Waals surface area contributed by atoms with Gasteiger partial charge in [0.15, 0.2) is 0 Å². The lowest BCUT2D eigenvalue weighted by Gasteiger charge is -2.13. The predicted molar refractivity (Wildman–Crippen MR) is 73.7 cm³/mol. The third-order valence-electron chi connectivity index (χ3n) is 2.27. The number of nitrogens with one attached hydrogen (secondary N) is 1. The van der Waals surface area contributed by atoms with Gasteiger partial charge in [-0.25, -0.2) is 8.42 Å². The molecule has 8 heteroatoms. The first-order chi connectivity index (χ1) is 8.24. The second-order valence-electron chi connectivity index (χ2n) is 3.64. The molecule has 0 bridgehead atoms. The molecule has 1 aromatic rings. The van der Waals surface area contributed by atoms with Crippen LogP contribution in [-0.4, -0.2) is 24.6 Å². The number of nitrogens with two attached hydrogens (primary N) is 2. The van der Waals surface area contributed by atoms with Crippen molar-refractivity contribution in [1.82, 2.24) is 0 Å². The van der Waals surface area contributed by atoms with Crippen molar-refractivity contribution in [2.45, 2.75) is 12.2 Å². The number of hydrogen-bond acceptors (Lipinski definition) is 4. The zero-order valence-electron chi connectivity index (χ0n) is 9.58. The monoisotopic (exact) mass is 287 g/mol. The van der Waals surface area contributed by atoms with Crippen molar-refractivity contribution in [2.75, 3.05) is 4.72 Å². The minimum Gasteiger partial charge on any atom is -0.392 e. The van der Waals surface area contributed by atoms with Gasteiger partial charge in [0.05, 0.1) is 4.99 Å². The fourth-order valence-electron chi connectivity index (χ4n) is 1.14. The maximum absolute atomic E-state index is 11.8. The van der Waals surface area contributed by atoms with Crippen LogP contribution in [0.5, 0.6) is 0 Å². The molecule has 0 aliphatic carbocycles. The number of rotatable bonds is 5. The van der Waals surface area contributed by atoms with Gasteiger partial charge in [-0.15, -0.1) is 0 Å². The Balaban J connectivity index is 3.01. The number of thiocarbonyl (C=S) groups is 1. The summed E-state index contributed by atoms with van der Waals surface area (Å²) in [6.07, 6.45) is 0. The average Bonchev–Trinajstić information content (AvgIpc) is 2.27. The molecule has 1 amide bonds. The molecule has 1 unspecified atom stereocenters. The van der Waals surface area contributed by atoms with E-state index in [2.05, 4.69) is 16.9 Å². The molecule has 98 valence electrons. The Labute approximate surface area is 110 Å². The first-order valence-electron chi connectivity index (χ1n) is 4.95. The largest absolute Gasteiger partial charge is 0.392 e. The summed E-state index contributed by atoms with van der Waals surface area (Å²) in [7, 11) is -3.72.